The minimum atomic E-state index is -4.31. The maximum absolute atomic E-state index is 10.7. The van der Waals surface area contributed by atoms with Gasteiger partial charge in [-0.3, -0.25) is 0 Å². The van der Waals surface area contributed by atoms with Crippen molar-refractivity contribution in [2.45, 2.75) is 24.7 Å². The normalized spacial score (nSPS) is 11.1. The Balaban J connectivity index is 0.00000169. The van der Waals surface area contributed by atoms with E-state index in [1.54, 1.807) is 12.1 Å². The molecule has 1 aromatic carbocycles. The van der Waals surface area contributed by atoms with Crippen molar-refractivity contribution in [3.63, 3.8) is 0 Å². The molecule has 0 bridgehead atoms. The first-order valence-electron chi connectivity index (χ1n) is 3.97. The van der Waals surface area contributed by atoms with Crippen LogP contribution in [0.15, 0.2) is 29.2 Å². The summed E-state index contributed by atoms with van der Waals surface area (Å²) in [4.78, 5) is -0.154. The average Bonchev–Trinajstić information content (AvgIpc) is 2.03. The molecule has 0 aliphatic carbocycles. The monoisotopic (exact) mass is 238 g/mol. The quantitative estimate of drug-likeness (QED) is 0.476. The SMILES string of the molecule is CC(C)c1cccc(S(=O)(=O)[O-])c1.[K+]. The molecule has 0 aliphatic heterocycles. The molecule has 5 heteroatoms. The molecule has 0 radical (unpaired) electrons. The van der Waals surface area contributed by atoms with E-state index in [1.165, 1.54) is 12.1 Å². The number of benzene rings is 1. The molecular weight excluding hydrogens is 227 g/mol. The van der Waals surface area contributed by atoms with Crippen LogP contribution < -0.4 is 51.4 Å². The van der Waals surface area contributed by atoms with Crippen LogP contribution in [-0.4, -0.2) is 13.0 Å². The third-order valence-electron chi connectivity index (χ3n) is 1.81. The largest absolute Gasteiger partial charge is 1.00 e. The summed E-state index contributed by atoms with van der Waals surface area (Å²) in [6, 6.07) is 6.13. The molecule has 0 saturated carbocycles. The summed E-state index contributed by atoms with van der Waals surface area (Å²) in [6.07, 6.45) is 0. The summed E-state index contributed by atoms with van der Waals surface area (Å²) < 4.78 is 32.0. The van der Waals surface area contributed by atoms with E-state index in [9.17, 15) is 13.0 Å². The fourth-order valence-corrected chi connectivity index (χ4v) is 1.55. The van der Waals surface area contributed by atoms with Gasteiger partial charge in [0.15, 0.2) is 0 Å². The Kier molecular flexibility index (Phi) is 6.06. The summed E-state index contributed by atoms with van der Waals surface area (Å²) in [5.74, 6) is 0.224. The molecule has 3 nitrogen and oxygen atoms in total. The van der Waals surface area contributed by atoms with Gasteiger partial charge in [0.25, 0.3) is 0 Å². The van der Waals surface area contributed by atoms with Crippen molar-refractivity contribution < 1.29 is 64.4 Å². The molecule has 1 aromatic rings. The van der Waals surface area contributed by atoms with Crippen molar-refractivity contribution in [3.05, 3.63) is 29.8 Å². The fraction of sp³-hybridized carbons (Fsp3) is 0.333. The summed E-state index contributed by atoms with van der Waals surface area (Å²) in [6.45, 7) is 3.88. The van der Waals surface area contributed by atoms with E-state index < -0.39 is 10.1 Å². The minimum Gasteiger partial charge on any atom is -0.744 e. The zero-order valence-corrected chi connectivity index (χ0v) is 12.5. The summed E-state index contributed by atoms with van der Waals surface area (Å²) in [5.41, 5.74) is 0.858. The molecule has 0 spiro atoms. The van der Waals surface area contributed by atoms with Crippen molar-refractivity contribution in [2.24, 2.45) is 0 Å². The maximum Gasteiger partial charge on any atom is 1.00 e. The Labute approximate surface area is 127 Å². The molecule has 0 fully saturated rings. The van der Waals surface area contributed by atoms with Crippen LogP contribution in [0.3, 0.4) is 0 Å². The zero-order valence-electron chi connectivity index (χ0n) is 8.52. The predicted octanol–water partition coefficient (Wildman–Crippen LogP) is -1.28. The number of rotatable bonds is 2. The first-order valence-corrected chi connectivity index (χ1v) is 5.38. The molecule has 0 aromatic heterocycles. The van der Waals surface area contributed by atoms with Gasteiger partial charge >= 0.3 is 51.4 Å². The van der Waals surface area contributed by atoms with Crippen LogP contribution in [0.2, 0.25) is 0 Å². The first kappa shape index (κ1) is 14.8. The molecular formula is C9H11KO3S. The first-order chi connectivity index (χ1) is 5.91. The molecule has 72 valence electrons. The van der Waals surface area contributed by atoms with E-state index >= 15 is 0 Å². The topological polar surface area (TPSA) is 57.2 Å². The van der Waals surface area contributed by atoms with Crippen LogP contribution in [0.1, 0.15) is 25.3 Å². The van der Waals surface area contributed by atoms with E-state index in [4.69, 9.17) is 0 Å². The maximum atomic E-state index is 10.7. The van der Waals surface area contributed by atoms with Crippen LogP contribution in [0.4, 0.5) is 0 Å². The second-order valence-electron chi connectivity index (χ2n) is 3.18. The fourth-order valence-electron chi connectivity index (χ4n) is 1.03. The molecule has 1 rings (SSSR count). The Morgan fingerprint density at radius 1 is 1.29 bits per heavy atom. The second-order valence-corrected chi connectivity index (χ2v) is 4.56. The van der Waals surface area contributed by atoms with Gasteiger partial charge in [-0.1, -0.05) is 26.0 Å². The van der Waals surface area contributed by atoms with Gasteiger partial charge < -0.3 is 4.55 Å². The Hall–Kier alpha value is 0.766. The van der Waals surface area contributed by atoms with Crippen molar-refractivity contribution in [1.82, 2.24) is 0 Å². The van der Waals surface area contributed by atoms with Crippen molar-refractivity contribution in [3.8, 4) is 0 Å². The van der Waals surface area contributed by atoms with Crippen LogP contribution in [0.25, 0.3) is 0 Å². The van der Waals surface area contributed by atoms with Gasteiger partial charge in [-0.25, -0.2) is 8.42 Å². The van der Waals surface area contributed by atoms with Gasteiger partial charge in [-0.2, -0.15) is 0 Å². The minimum absolute atomic E-state index is 0. The van der Waals surface area contributed by atoms with Gasteiger partial charge in [-0.05, 0) is 23.6 Å². The third-order valence-corrected chi connectivity index (χ3v) is 2.64. The van der Waals surface area contributed by atoms with E-state index in [0.717, 1.165) is 5.56 Å². The van der Waals surface area contributed by atoms with Crippen LogP contribution in [0.5, 0.6) is 0 Å². The molecule has 14 heavy (non-hydrogen) atoms. The van der Waals surface area contributed by atoms with Crippen molar-refractivity contribution in [1.29, 1.82) is 0 Å². The molecule has 0 atom stereocenters. The van der Waals surface area contributed by atoms with Gasteiger partial charge in [0.1, 0.15) is 10.1 Å². The second kappa shape index (κ2) is 5.74. The molecule has 0 N–H and O–H groups in total. The standard InChI is InChI=1S/C9H12O3S.K/c1-7(2)8-4-3-5-9(6-8)13(10,11)12;/h3-7H,1-2H3,(H,10,11,12);/q;+1/p-1. The average molecular weight is 238 g/mol. The molecule has 0 unspecified atom stereocenters. The van der Waals surface area contributed by atoms with Crippen LogP contribution >= 0.6 is 0 Å². The van der Waals surface area contributed by atoms with Gasteiger partial charge in [0, 0.05) is 0 Å². The molecule has 0 saturated heterocycles. The summed E-state index contributed by atoms with van der Waals surface area (Å²) >= 11 is 0. The van der Waals surface area contributed by atoms with Crippen LogP contribution in [-0.2, 0) is 10.1 Å². The third kappa shape index (κ3) is 4.10. The van der Waals surface area contributed by atoms with Gasteiger partial charge in [0.2, 0.25) is 0 Å². The van der Waals surface area contributed by atoms with E-state index in [1.807, 2.05) is 13.8 Å². The van der Waals surface area contributed by atoms with Gasteiger partial charge in [0.05, 0.1) is 4.90 Å². The Morgan fingerprint density at radius 2 is 1.86 bits per heavy atom. The summed E-state index contributed by atoms with van der Waals surface area (Å²) in [7, 11) is -4.31. The zero-order chi connectivity index (χ0) is 10.1. The molecule has 0 amide bonds. The van der Waals surface area contributed by atoms with Crippen LogP contribution in [0, 0.1) is 0 Å². The number of hydrogen-bond donors (Lipinski definition) is 0. The number of hydrogen-bond acceptors (Lipinski definition) is 3. The van der Waals surface area contributed by atoms with E-state index in [-0.39, 0.29) is 62.2 Å². The Morgan fingerprint density at radius 3 is 2.29 bits per heavy atom. The van der Waals surface area contributed by atoms with E-state index in [2.05, 4.69) is 0 Å². The predicted molar refractivity (Wildman–Crippen MR) is 48.5 cm³/mol. The smallest absolute Gasteiger partial charge is 0.744 e. The van der Waals surface area contributed by atoms with Gasteiger partial charge in [-0.15, -0.1) is 0 Å². The van der Waals surface area contributed by atoms with Crippen molar-refractivity contribution in [2.75, 3.05) is 0 Å². The van der Waals surface area contributed by atoms with E-state index in [0.29, 0.717) is 0 Å². The Bertz CT molecular complexity index is 398. The molecule has 0 heterocycles. The van der Waals surface area contributed by atoms with Crippen molar-refractivity contribution >= 4 is 10.1 Å². The summed E-state index contributed by atoms with van der Waals surface area (Å²) in [5, 5.41) is 0. The molecule has 0 aliphatic rings.